The van der Waals surface area contributed by atoms with Gasteiger partial charge in [0.05, 0.1) is 25.4 Å². The van der Waals surface area contributed by atoms with E-state index in [2.05, 4.69) is 13.8 Å². The van der Waals surface area contributed by atoms with E-state index in [9.17, 15) is 5.11 Å². The predicted molar refractivity (Wildman–Crippen MR) is 75.2 cm³/mol. The number of aliphatic hydroxyl groups is 1. The first-order valence-corrected chi connectivity index (χ1v) is 7.22. The maximum atomic E-state index is 10.5. The molecule has 4 heteroatoms. The van der Waals surface area contributed by atoms with Crippen LogP contribution in [0.25, 0.3) is 0 Å². The summed E-state index contributed by atoms with van der Waals surface area (Å²) in [6, 6.07) is 5.62. The normalized spacial score (nSPS) is 36.3. The number of hydrogen-bond donors (Lipinski definition) is 1. The Hall–Kier alpha value is -1.26. The number of hydrogen-bond acceptors (Lipinski definition) is 4. The lowest BCUT2D eigenvalue weighted by Crippen LogP contribution is -2.50. The summed E-state index contributed by atoms with van der Waals surface area (Å²) < 4.78 is 17.3. The van der Waals surface area contributed by atoms with Gasteiger partial charge in [-0.2, -0.15) is 0 Å². The van der Waals surface area contributed by atoms with E-state index in [1.165, 1.54) is 0 Å². The number of fused-ring (bicyclic) bond motifs is 1. The number of ether oxygens (including phenoxy) is 3. The average Bonchev–Trinajstić information content (AvgIpc) is 2.36. The number of methoxy groups -OCH3 is 1. The molecule has 0 amide bonds. The third kappa shape index (κ3) is 2.38. The van der Waals surface area contributed by atoms with Gasteiger partial charge in [0.15, 0.2) is 0 Å². The first kappa shape index (κ1) is 13.7. The Balaban J connectivity index is 1.92. The summed E-state index contributed by atoms with van der Waals surface area (Å²) in [5.74, 6) is 1.52. The van der Waals surface area contributed by atoms with Crippen LogP contribution in [0, 0.1) is 0 Å². The molecule has 4 nitrogen and oxygen atoms in total. The van der Waals surface area contributed by atoms with E-state index in [4.69, 9.17) is 14.2 Å². The van der Waals surface area contributed by atoms with Crippen LogP contribution in [0.4, 0.5) is 0 Å². The third-order valence-electron chi connectivity index (χ3n) is 4.25. The van der Waals surface area contributed by atoms with Gasteiger partial charge in [0, 0.05) is 24.8 Å². The molecule has 1 fully saturated rings. The molecular formula is C16H22O4. The number of benzene rings is 1. The second-order valence-corrected chi connectivity index (χ2v) is 6.07. The minimum atomic E-state index is -0.508. The van der Waals surface area contributed by atoms with Crippen LogP contribution in [0.2, 0.25) is 0 Å². The maximum absolute atomic E-state index is 10.5. The fourth-order valence-electron chi connectivity index (χ4n) is 3.62. The molecule has 3 rings (SSSR count). The molecule has 2 aliphatic rings. The molecule has 20 heavy (non-hydrogen) atoms. The van der Waals surface area contributed by atoms with Gasteiger partial charge in [0.2, 0.25) is 0 Å². The zero-order chi connectivity index (χ0) is 14.3. The molecule has 0 aromatic heterocycles. The maximum Gasteiger partial charge on any atom is 0.126 e. The molecule has 3 unspecified atom stereocenters. The summed E-state index contributed by atoms with van der Waals surface area (Å²) in [6.07, 6.45) is 2.06. The lowest BCUT2D eigenvalue weighted by Gasteiger charge is -2.46. The molecule has 110 valence electrons. The van der Waals surface area contributed by atoms with Crippen molar-refractivity contribution in [3.05, 3.63) is 23.8 Å². The first-order chi connectivity index (χ1) is 9.51. The van der Waals surface area contributed by atoms with Gasteiger partial charge in [-0.25, -0.2) is 0 Å². The van der Waals surface area contributed by atoms with Crippen molar-refractivity contribution in [1.29, 1.82) is 0 Å². The van der Waals surface area contributed by atoms with E-state index in [0.717, 1.165) is 29.9 Å². The second kappa shape index (κ2) is 4.93. The quantitative estimate of drug-likeness (QED) is 0.858. The van der Waals surface area contributed by atoms with Crippen LogP contribution in [0.15, 0.2) is 18.2 Å². The summed E-state index contributed by atoms with van der Waals surface area (Å²) in [4.78, 5) is 0. The van der Waals surface area contributed by atoms with Crippen molar-refractivity contribution in [3.63, 3.8) is 0 Å². The highest BCUT2D eigenvalue weighted by Gasteiger charge is 2.45. The van der Waals surface area contributed by atoms with Crippen LogP contribution in [-0.2, 0) is 4.74 Å². The summed E-state index contributed by atoms with van der Waals surface area (Å²) in [5, 5.41) is 10.5. The smallest absolute Gasteiger partial charge is 0.126 e. The van der Waals surface area contributed by atoms with Crippen molar-refractivity contribution in [2.24, 2.45) is 0 Å². The molecule has 1 N–H and O–H groups in total. The Labute approximate surface area is 119 Å². The highest BCUT2D eigenvalue weighted by atomic mass is 16.5. The van der Waals surface area contributed by atoms with E-state index in [0.29, 0.717) is 6.42 Å². The van der Waals surface area contributed by atoms with Crippen LogP contribution in [-0.4, -0.2) is 30.0 Å². The Morgan fingerprint density at radius 1 is 1.20 bits per heavy atom. The Bertz CT molecular complexity index is 489. The monoisotopic (exact) mass is 278 g/mol. The van der Waals surface area contributed by atoms with Crippen molar-refractivity contribution >= 4 is 0 Å². The van der Waals surface area contributed by atoms with Crippen molar-refractivity contribution in [2.45, 2.75) is 57.0 Å². The van der Waals surface area contributed by atoms with Crippen molar-refractivity contribution in [3.8, 4) is 11.5 Å². The van der Waals surface area contributed by atoms with Crippen LogP contribution >= 0.6 is 0 Å². The van der Waals surface area contributed by atoms with E-state index in [-0.39, 0.29) is 17.8 Å². The Morgan fingerprint density at radius 3 is 2.55 bits per heavy atom. The molecular weight excluding hydrogens is 256 g/mol. The van der Waals surface area contributed by atoms with Crippen LogP contribution in [0.3, 0.4) is 0 Å². The fraction of sp³-hybridized carbons (Fsp3) is 0.625. The van der Waals surface area contributed by atoms with Gasteiger partial charge in [-0.15, -0.1) is 0 Å². The largest absolute Gasteiger partial charge is 0.497 e. The molecule has 0 aliphatic carbocycles. The van der Waals surface area contributed by atoms with Crippen molar-refractivity contribution < 1.29 is 19.3 Å². The Morgan fingerprint density at radius 2 is 1.90 bits per heavy atom. The van der Waals surface area contributed by atoms with E-state index in [1.54, 1.807) is 7.11 Å². The minimum Gasteiger partial charge on any atom is -0.497 e. The van der Waals surface area contributed by atoms with Gasteiger partial charge in [0.25, 0.3) is 0 Å². The predicted octanol–water partition coefficient (Wildman–Crippen LogP) is 2.84. The summed E-state index contributed by atoms with van der Waals surface area (Å²) >= 11 is 0. The molecule has 2 heterocycles. The summed E-state index contributed by atoms with van der Waals surface area (Å²) in [7, 11) is 1.63. The van der Waals surface area contributed by atoms with Crippen molar-refractivity contribution in [1.82, 2.24) is 0 Å². The fourth-order valence-corrected chi connectivity index (χ4v) is 3.62. The van der Waals surface area contributed by atoms with Gasteiger partial charge in [-0.1, -0.05) is 0 Å². The number of aliphatic hydroxyl groups excluding tert-OH is 1. The first-order valence-electron chi connectivity index (χ1n) is 7.22. The lowest BCUT2D eigenvalue weighted by molar-refractivity contribution is -0.140. The van der Waals surface area contributed by atoms with Gasteiger partial charge in [-0.05, 0) is 32.0 Å². The highest BCUT2D eigenvalue weighted by molar-refractivity contribution is 5.43. The van der Waals surface area contributed by atoms with E-state index >= 15 is 0 Å². The van der Waals surface area contributed by atoms with Crippen LogP contribution in [0.5, 0.6) is 11.5 Å². The third-order valence-corrected chi connectivity index (χ3v) is 4.25. The topological polar surface area (TPSA) is 47.9 Å². The molecule has 1 spiro atoms. The molecule has 3 atom stereocenters. The summed E-state index contributed by atoms with van der Waals surface area (Å²) in [5.41, 5.74) is 0.514. The lowest BCUT2D eigenvalue weighted by atomic mass is 9.79. The van der Waals surface area contributed by atoms with Crippen LogP contribution in [0.1, 0.15) is 44.8 Å². The van der Waals surface area contributed by atoms with Crippen molar-refractivity contribution in [2.75, 3.05) is 7.11 Å². The average molecular weight is 278 g/mol. The zero-order valence-electron chi connectivity index (χ0n) is 12.3. The molecule has 0 bridgehead atoms. The molecule has 1 saturated heterocycles. The van der Waals surface area contributed by atoms with E-state index in [1.807, 2.05) is 18.2 Å². The van der Waals surface area contributed by atoms with Crippen LogP contribution < -0.4 is 9.47 Å². The number of rotatable bonds is 1. The summed E-state index contributed by atoms with van der Waals surface area (Å²) in [6.45, 7) is 4.13. The minimum absolute atomic E-state index is 0.158. The molecule has 1 aromatic carbocycles. The van der Waals surface area contributed by atoms with Gasteiger partial charge in [-0.3, -0.25) is 0 Å². The molecule has 2 aliphatic heterocycles. The molecule has 0 radical (unpaired) electrons. The SMILES string of the molecule is COc1ccc2c(c1)C(O)CC1(CC(C)OC(C)C1)O2. The molecule has 0 saturated carbocycles. The zero-order valence-corrected chi connectivity index (χ0v) is 12.3. The van der Waals surface area contributed by atoms with Gasteiger partial charge in [0.1, 0.15) is 17.1 Å². The highest BCUT2D eigenvalue weighted by Crippen LogP contribution is 2.46. The second-order valence-electron chi connectivity index (χ2n) is 6.07. The standard InChI is InChI=1S/C16H22O4/c1-10-7-16(8-11(2)19-10)9-14(17)13-6-12(18-3)4-5-15(13)20-16/h4-6,10-11,14,17H,7-9H2,1-3H3. The van der Waals surface area contributed by atoms with Gasteiger partial charge >= 0.3 is 0 Å². The molecule has 1 aromatic rings. The van der Waals surface area contributed by atoms with Gasteiger partial charge < -0.3 is 19.3 Å². The Kier molecular flexibility index (Phi) is 3.38. The van der Waals surface area contributed by atoms with E-state index < -0.39 is 6.10 Å².